The van der Waals surface area contributed by atoms with Crippen molar-refractivity contribution in [3.05, 3.63) is 45.7 Å². The maximum absolute atomic E-state index is 12.1. The van der Waals surface area contributed by atoms with E-state index in [4.69, 9.17) is 9.52 Å². The third kappa shape index (κ3) is 3.73. The molecule has 0 aliphatic rings. The number of nitrogens with zero attached hydrogens (tertiary/aromatic N) is 4. The molecule has 0 atom stereocenters. The molecular formula is C13H14N4O6. The topological polar surface area (TPSA) is 132 Å². The van der Waals surface area contributed by atoms with E-state index < -0.39 is 10.9 Å². The molecule has 0 saturated heterocycles. The van der Waals surface area contributed by atoms with Crippen LogP contribution in [0.15, 0.2) is 22.9 Å². The summed E-state index contributed by atoms with van der Waals surface area (Å²) in [6, 6.07) is 1.36. The van der Waals surface area contributed by atoms with Crippen LogP contribution >= 0.6 is 0 Å². The Morgan fingerprint density at radius 1 is 1.52 bits per heavy atom. The highest BCUT2D eigenvalue weighted by atomic mass is 16.6. The van der Waals surface area contributed by atoms with Gasteiger partial charge in [-0.25, -0.2) is 4.79 Å². The molecule has 10 heteroatoms. The Balaban J connectivity index is 2.00. The molecule has 0 saturated carbocycles. The summed E-state index contributed by atoms with van der Waals surface area (Å²) < 4.78 is 6.46. The van der Waals surface area contributed by atoms with Gasteiger partial charge in [0.05, 0.1) is 11.5 Å². The van der Waals surface area contributed by atoms with Crippen LogP contribution in [0, 0.1) is 17.0 Å². The predicted octanol–water partition coefficient (Wildman–Crippen LogP) is 1.05. The summed E-state index contributed by atoms with van der Waals surface area (Å²) >= 11 is 0. The van der Waals surface area contributed by atoms with Crippen molar-refractivity contribution in [1.82, 2.24) is 14.7 Å². The summed E-state index contributed by atoms with van der Waals surface area (Å²) in [7, 11) is 1.51. The standard InChI is InChI=1S/C13H14N4O6/c1-8-11(13(19)20)3-10(23-8)6-15(2)12(18)7-16-5-9(4-14-16)17(21)22/h3-5H,6-7H2,1-2H3,(H,19,20). The van der Waals surface area contributed by atoms with E-state index >= 15 is 0 Å². The summed E-state index contributed by atoms with van der Waals surface area (Å²) in [5.41, 5.74) is -0.156. The number of likely N-dealkylation sites (N-methyl/N-ethyl adjacent to an activating group) is 1. The molecule has 2 aromatic heterocycles. The van der Waals surface area contributed by atoms with E-state index in [2.05, 4.69) is 5.10 Å². The Morgan fingerprint density at radius 2 is 2.22 bits per heavy atom. The number of aromatic nitrogens is 2. The Labute approximate surface area is 130 Å². The Morgan fingerprint density at radius 3 is 2.74 bits per heavy atom. The number of nitro groups is 1. The highest BCUT2D eigenvalue weighted by Gasteiger charge is 2.18. The van der Waals surface area contributed by atoms with E-state index in [1.807, 2.05) is 0 Å². The summed E-state index contributed by atoms with van der Waals surface area (Å²) in [6.45, 7) is 1.43. The fourth-order valence-electron chi connectivity index (χ4n) is 1.95. The van der Waals surface area contributed by atoms with Gasteiger partial charge in [-0.2, -0.15) is 5.10 Å². The fourth-order valence-corrected chi connectivity index (χ4v) is 1.95. The van der Waals surface area contributed by atoms with Crippen LogP contribution in [-0.4, -0.2) is 43.6 Å². The molecule has 0 bridgehead atoms. The molecule has 23 heavy (non-hydrogen) atoms. The molecule has 0 aliphatic carbocycles. The van der Waals surface area contributed by atoms with Gasteiger partial charge in [0.1, 0.15) is 36.0 Å². The summed E-state index contributed by atoms with van der Waals surface area (Å²) in [4.78, 5) is 34.3. The fraction of sp³-hybridized carbons (Fsp3) is 0.308. The number of carbonyl (C=O) groups is 2. The Bertz CT molecular complexity index is 762. The van der Waals surface area contributed by atoms with Gasteiger partial charge in [-0.3, -0.25) is 19.6 Å². The van der Waals surface area contributed by atoms with Gasteiger partial charge in [-0.1, -0.05) is 0 Å². The van der Waals surface area contributed by atoms with Crippen LogP contribution in [0.5, 0.6) is 0 Å². The zero-order chi connectivity index (χ0) is 17.1. The van der Waals surface area contributed by atoms with E-state index in [9.17, 15) is 19.7 Å². The first kappa shape index (κ1) is 16.2. The molecule has 1 N–H and O–H groups in total. The molecule has 2 heterocycles. The minimum Gasteiger partial charge on any atom is -0.478 e. The molecule has 0 radical (unpaired) electrons. The van der Waals surface area contributed by atoms with Gasteiger partial charge >= 0.3 is 11.7 Å². The molecule has 2 aromatic rings. The monoisotopic (exact) mass is 322 g/mol. The molecule has 122 valence electrons. The van der Waals surface area contributed by atoms with Gasteiger partial charge in [-0.15, -0.1) is 0 Å². The molecule has 1 amide bonds. The van der Waals surface area contributed by atoms with Crippen molar-refractivity contribution in [3.63, 3.8) is 0 Å². The van der Waals surface area contributed by atoms with Crippen LogP contribution in [0.1, 0.15) is 21.9 Å². The lowest BCUT2D eigenvalue weighted by atomic mass is 10.2. The van der Waals surface area contributed by atoms with Gasteiger partial charge in [0.25, 0.3) is 0 Å². The number of hydrogen-bond donors (Lipinski definition) is 1. The van der Waals surface area contributed by atoms with E-state index in [0.29, 0.717) is 5.76 Å². The van der Waals surface area contributed by atoms with E-state index in [-0.39, 0.29) is 36.0 Å². The molecule has 2 rings (SSSR count). The second kappa shape index (κ2) is 6.30. The Hall–Kier alpha value is -3.17. The van der Waals surface area contributed by atoms with Crippen LogP contribution in [0.25, 0.3) is 0 Å². The van der Waals surface area contributed by atoms with Gasteiger partial charge in [0.15, 0.2) is 0 Å². The number of aryl methyl sites for hydroxylation is 1. The quantitative estimate of drug-likeness (QED) is 0.621. The van der Waals surface area contributed by atoms with Crippen molar-refractivity contribution >= 4 is 17.6 Å². The van der Waals surface area contributed by atoms with Crippen LogP contribution in [0.4, 0.5) is 5.69 Å². The smallest absolute Gasteiger partial charge is 0.339 e. The number of amides is 1. The zero-order valence-corrected chi connectivity index (χ0v) is 12.4. The second-order valence-corrected chi connectivity index (χ2v) is 4.89. The van der Waals surface area contributed by atoms with Gasteiger partial charge in [-0.05, 0) is 13.0 Å². The number of hydrogen-bond acceptors (Lipinski definition) is 6. The second-order valence-electron chi connectivity index (χ2n) is 4.89. The highest BCUT2D eigenvalue weighted by molar-refractivity contribution is 5.88. The lowest BCUT2D eigenvalue weighted by Gasteiger charge is -2.15. The first-order valence-corrected chi connectivity index (χ1v) is 6.51. The predicted molar refractivity (Wildman–Crippen MR) is 75.8 cm³/mol. The average molecular weight is 322 g/mol. The van der Waals surface area contributed by atoms with Crippen molar-refractivity contribution in [2.24, 2.45) is 0 Å². The summed E-state index contributed by atoms with van der Waals surface area (Å²) in [6.07, 6.45) is 2.22. The van der Waals surface area contributed by atoms with E-state index in [1.165, 1.54) is 24.9 Å². The zero-order valence-electron chi connectivity index (χ0n) is 12.4. The van der Waals surface area contributed by atoms with Crippen molar-refractivity contribution in [2.45, 2.75) is 20.0 Å². The molecular weight excluding hydrogens is 308 g/mol. The van der Waals surface area contributed by atoms with Crippen molar-refractivity contribution in [3.8, 4) is 0 Å². The largest absolute Gasteiger partial charge is 0.478 e. The highest BCUT2D eigenvalue weighted by Crippen LogP contribution is 2.16. The lowest BCUT2D eigenvalue weighted by molar-refractivity contribution is -0.385. The van der Waals surface area contributed by atoms with Crippen LogP contribution in [-0.2, 0) is 17.9 Å². The van der Waals surface area contributed by atoms with Crippen molar-refractivity contribution in [2.75, 3.05) is 7.05 Å². The number of carboxylic acids is 1. The van der Waals surface area contributed by atoms with Gasteiger partial charge < -0.3 is 14.4 Å². The number of carbonyl (C=O) groups excluding carboxylic acids is 1. The summed E-state index contributed by atoms with van der Waals surface area (Å²) in [5, 5.41) is 23.3. The molecule has 0 aliphatic heterocycles. The third-order valence-corrected chi connectivity index (χ3v) is 3.15. The van der Waals surface area contributed by atoms with Gasteiger partial charge in [0.2, 0.25) is 5.91 Å². The molecule has 0 spiro atoms. The normalized spacial score (nSPS) is 10.5. The number of furan rings is 1. The van der Waals surface area contributed by atoms with Crippen molar-refractivity contribution in [1.29, 1.82) is 0 Å². The first-order valence-electron chi connectivity index (χ1n) is 6.51. The van der Waals surface area contributed by atoms with Gasteiger partial charge in [0, 0.05) is 7.05 Å². The first-order chi connectivity index (χ1) is 10.8. The molecule has 0 aromatic carbocycles. The van der Waals surface area contributed by atoms with Crippen LogP contribution < -0.4 is 0 Å². The van der Waals surface area contributed by atoms with E-state index in [0.717, 1.165) is 17.1 Å². The Kier molecular flexibility index (Phi) is 4.44. The number of aromatic carboxylic acids is 1. The summed E-state index contributed by atoms with van der Waals surface area (Å²) in [5.74, 6) is -0.859. The maximum Gasteiger partial charge on any atom is 0.339 e. The maximum atomic E-state index is 12.1. The average Bonchev–Trinajstić information content (AvgIpc) is 3.05. The SMILES string of the molecule is Cc1oc(CN(C)C(=O)Cn2cc([N+](=O)[O-])cn2)cc1C(=O)O. The molecule has 10 nitrogen and oxygen atoms in total. The minimum absolute atomic E-state index is 0.0450. The van der Waals surface area contributed by atoms with Crippen molar-refractivity contribution < 1.29 is 24.0 Å². The number of carboxylic acid groups (broad SMARTS) is 1. The van der Waals surface area contributed by atoms with Crippen LogP contribution in [0.2, 0.25) is 0 Å². The lowest BCUT2D eigenvalue weighted by Crippen LogP contribution is -2.29. The van der Waals surface area contributed by atoms with E-state index in [1.54, 1.807) is 0 Å². The molecule has 0 unspecified atom stereocenters. The van der Waals surface area contributed by atoms with Crippen LogP contribution in [0.3, 0.4) is 0 Å². The minimum atomic E-state index is -1.10. The molecule has 0 fully saturated rings. The third-order valence-electron chi connectivity index (χ3n) is 3.15. The number of rotatable bonds is 6.